The van der Waals surface area contributed by atoms with Crippen molar-refractivity contribution in [1.29, 1.82) is 0 Å². The zero-order chi connectivity index (χ0) is 23.5. The Morgan fingerprint density at radius 1 is 0.912 bits per heavy atom. The van der Waals surface area contributed by atoms with Crippen LogP contribution in [-0.4, -0.2) is 30.8 Å². The first-order chi connectivity index (χ1) is 16.6. The SMILES string of the molecule is O=C(CSc1nnc2n(Cc3ccccc3)c(=O)c3ccccc3n12)NCc1ccc(Cl)cc1. The van der Waals surface area contributed by atoms with E-state index in [1.807, 2.05) is 65.1 Å². The van der Waals surface area contributed by atoms with Gasteiger partial charge in [-0.05, 0) is 35.4 Å². The van der Waals surface area contributed by atoms with Gasteiger partial charge in [0.2, 0.25) is 11.7 Å². The lowest BCUT2D eigenvalue weighted by molar-refractivity contribution is -0.118. The summed E-state index contributed by atoms with van der Waals surface area (Å²) in [7, 11) is 0. The third-order valence-electron chi connectivity index (χ3n) is 5.40. The monoisotopic (exact) mass is 489 g/mol. The van der Waals surface area contributed by atoms with E-state index in [4.69, 9.17) is 11.6 Å². The van der Waals surface area contributed by atoms with Crippen LogP contribution in [0.5, 0.6) is 0 Å². The second kappa shape index (κ2) is 9.70. The first-order valence-electron chi connectivity index (χ1n) is 10.6. The number of rotatable bonds is 7. The predicted octanol–water partition coefficient (Wildman–Crippen LogP) is 4.15. The Morgan fingerprint density at radius 2 is 1.65 bits per heavy atom. The molecular weight excluding hydrogens is 470 g/mol. The quantitative estimate of drug-likeness (QED) is 0.347. The molecule has 0 radical (unpaired) electrons. The van der Waals surface area contributed by atoms with Gasteiger partial charge < -0.3 is 5.32 Å². The molecule has 0 fully saturated rings. The average molecular weight is 490 g/mol. The van der Waals surface area contributed by atoms with Crippen molar-refractivity contribution in [3.05, 3.63) is 105 Å². The van der Waals surface area contributed by atoms with Gasteiger partial charge in [0.15, 0.2) is 5.16 Å². The molecule has 0 unspecified atom stereocenters. The molecule has 34 heavy (non-hydrogen) atoms. The third-order valence-corrected chi connectivity index (χ3v) is 6.58. The molecule has 0 aliphatic carbocycles. The first-order valence-corrected chi connectivity index (χ1v) is 12.0. The summed E-state index contributed by atoms with van der Waals surface area (Å²) in [5.41, 5.74) is 2.53. The summed E-state index contributed by atoms with van der Waals surface area (Å²) in [5, 5.41) is 13.3. The molecule has 1 N–H and O–H groups in total. The van der Waals surface area contributed by atoms with Crippen LogP contribution in [-0.2, 0) is 17.9 Å². The molecule has 0 saturated carbocycles. The van der Waals surface area contributed by atoms with Crippen molar-refractivity contribution in [2.75, 3.05) is 5.75 Å². The number of hydrogen-bond donors (Lipinski definition) is 1. The van der Waals surface area contributed by atoms with Gasteiger partial charge in [0.25, 0.3) is 5.56 Å². The van der Waals surface area contributed by atoms with Crippen LogP contribution >= 0.6 is 23.4 Å². The number of nitrogens with one attached hydrogen (secondary N) is 1. The van der Waals surface area contributed by atoms with E-state index in [9.17, 15) is 9.59 Å². The maximum atomic E-state index is 13.3. The molecule has 1 amide bonds. The molecule has 3 aromatic carbocycles. The van der Waals surface area contributed by atoms with Gasteiger partial charge in [0.1, 0.15) is 0 Å². The van der Waals surface area contributed by atoms with E-state index in [1.54, 1.807) is 22.8 Å². The van der Waals surface area contributed by atoms with Crippen LogP contribution in [0.1, 0.15) is 11.1 Å². The molecular formula is C25H20ClN5O2S. The lowest BCUT2D eigenvalue weighted by Crippen LogP contribution is -2.25. The van der Waals surface area contributed by atoms with Gasteiger partial charge in [-0.3, -0.25) is 18.6 Å². The number of benzene rings is 3. The van der Waals surface area contributed by atoms with E-state index in [0.717, 1.165) is 11.1 Å². The Hall–Kier alpha value is -3.62. The second-order valence-electron chi connectivity index (χ2n) is 7.70. The topological polar surface area (TPSA) is 81.3 Å². The van der Waals surface area contributed by atoms with Crippen LogP contribution in [0, 0.1) is 0 Å². The van der Waals surface area contributed by atoms with Gasteiger partial charge in [-0.15, -0.1) is 10.2 Å². The fraction of sp³-hybridized carbons (Fsp3) is 0.120. The highest BCUT2D eigenvalue weighted by Gasteiger charge is 2.17. The summed E-state index contributed by atoms with van der Waals surface area (Å²) in [6.45, 7) is 0.787. The standard InChI is InChI=1S/C25H20ClN5O2S/c26-19-12-10-17(11-13-19)14-27-22(32)16-34-25-29-28-24-30(15-18-6-2-1-3-7-18)23(33)20-8-4-5-9-21(20)31(24)25/h1-13H,14-16H2,(H,27,32). The minimum absolute atomic E-state index is 0.126. The highest BCUT2D eigenvalue weighted by atomic mass is 35.5. The van der Waals surface area contributed by atoms with Gasteiger partial charge >= 0.3 is 0 Å². The first kappa shape index (κ1) is 22.2. The number of carbonyl (C=O) groups excluding carboxylic acids is 1. The molecule has 0 aliphatic heterocycles. The van der Waals surface area contributed by atoms with Crippen LogP contribution in [0.2, 0.25) is 5.02 Å². The van der Waals surface area contributed by atoms with Gasteiger partial charge in [-0.2, -0.15) is 0 Å². The number of halogens is 1. The van der Waals surface area contributed by atoms with Gasteiger partial charge in [-0.25, -0.2) is 0 Å². The number of thioether (sulfide) groups is 1. The third kappa shape index (κ3) is 4.55. The summed E-state index contributed by atoms with van der Waals surface area (Å²) >= 11 is 7.19. The minimum Gasteiger partial charge on any atom is -0.351 e. The van der Waals surface area contributed by atoms with Crippen LogP contribution in [0.15, 0.2) is 88.8 Å². The van der Waals surface area contributed by atoms with Gasteiger partial charge in [0, 0.05) is 11.6 Å². The molecule has 170 valence electrons. The number of amides is 1. The number of aromatic nitrogens is 4. The van der Waals surface area contributed by atoms with Crippen LogP contribution in [0.4, 0.5) is 0 Å². The Morgan fingerprint density at radius 3 is 2.44 bits per heavy atom. The van der Waals surface area contributed by atoms with Gasteiger partial charge in [-0.1, -0.05) is 78.0 Å². The minimum atomic E-state index is -0.128. The number of carbonyl (C=O) groups is 1. The Kier molecular flexibility index (Phi) is 6.33. The molecule has 5 rings (SSSR count). The molecule has 9 heteroatoms. The van der Waals surface area contributed by atoms with E-state index in [2.05, 4.69) is 15.5 Å². The van der Waals surface area contributed by atoms with Crippen molar-refractivity contribution in [2.24, 2.45) is 0 Å². The zero-order valence-corrected chi connectivity index (χ0v) is 19.6. The summed E-state index contributed by atoms with van der Waals surface area (Å²) in [4.78, 5) is 25.7. The largest absolute Gasteiger partial charge is 0.351 e. The normalized spacial score (nSPS) is 11.2. The van der Waals surface area contributed by atoms with Crippen molar-refractivity contribution in [2.45, 2.75) is 18.2 Å². The molecule has 2 heterocycles. The number of nitrogens with zero attached hydrogens (tertiary/aromatic N) is 4. The Labute approximate surface area is 204 Å². The van der Waals surface area contributed by atoms with E-state index < -0.39 is 0 Å². The molecule has 7 nitrogen and oxygen atoms in total. The van der Waals surface area contributed by atoms with Crippen molar-refractivity contribution >= 4 is 46.0 Å². The van der Waals surface area contributed by atoms with E-state index in [1.165, 1.54) is 11.8 Å². The molecule has 0 atom stereocenters. The van der Waals surface area contributed by atoms with E-state index in [0.29, 0.717) is 39.9 Å². The van der Waals surface area contributed by atoms with E-state index >= 15 is 0 Å². The summed E-state index contributed by atoms with van der Waals surface area (Å²) < 4.78 is 3.46. The molecule has 0 bridgehead atoms. The molecule has 0 aliphatic rings. The highest BCUT2D eigenvalue weighted by Crippen LogP contribution is 2.22. The molecule has 0 saturated heterocycles. The molecule has 5 aromatic rings. The van der Waals surface area contributed by atoms with Gasteiger partial charge in [0.05, 0.1) is 23.2 Å². The lowest BCUT2D eigenvalue weighted by atomic mass is 10.2. The average Bonchev–Trinajstić information content (AvgIpc) is 3.29. The summed E-state index contributed by atoms with van der Waals surface area (Å²) in [5.74, 6) is 0.482. The number of hydrogen-bond acceptors (Lipinski definition) is 5. The van der Waals surface area contributed by atoms with Crippen molar-refractivity contribution in [3.8, 4) is 0 Å². The smallest absolute Gasteiger partial charge is 0.263 e. The van der Waals surface area contributed by atoms with E-state index in [-0.39, 0.29) is 17.2 Å². The number of para-hydroxylation sites is 1. The summed E-state index contributed by atoms with van der Waals surface area (Å²) in [6, 6.07) is 24.5. The molecule has 2 aromatic heterocycles. The van der Waals surface area contributed by atoms with Crippen molar-refractivity contribution < 1.29 is 4.79 Å². The van der Waals surface area contributed by atoms with Crippen molar-refractivity contribution in [1.82, 2.24) is 24.5 Å². The Bertz CT molecular complexity index is 1530. The zero-order valence-electron chi connectivity index (χ0n) is 18.0. The van der Waals surface area contributed by atoms with Crippen LogP contribution in [0.3, 0.4) is 0 Å². The predicted molar refractivity (Wildman–Crippen MR) is 134 cm³/mol. The maximum Gasteiger partial charge on any atom is 0.263 e. The maximum absolute atomic E-state index is 13.3. The fourth-order valence-electron chi connectivity index (χ4n) is 3.72. The lowest BCUT2D eigenvalue weighted by Gasteiger charge is -2.11. The number of fused-ring (bicyclic) bond motifs is 3. The fourth-order valence-corrected chi connectivity index (χ4v) is 4.62. The second-order valence-corrected chi connectivity index (χ2v) is 9.08. The van der Waals surface area contributed by atoms with Crippen molar-refractivity contribution in [3.63, 3.8) is 0 Å². The highest BCUT2D eigenvalue weighted by molar-refractivity contribution is 7.99. The molecule has 0 spiro atoms. The summed E-state index contributed by atoms with van der Waals surface area (Å²) in [6.07, 6.45) is 0. The van der Waals surface area contributed by atoms with Crippen LogP contribution in [0.25, 0.3) is 16.7 Å². The van der Waals surface area contributed by atoms with Crippen LogP contribution < -0.4 is 10.9 Å². The Balaban J connectivity index is 1.42.